The minimum absolute atomic E-state index is 0.156. The van der Waals surface area contributed by atoms with E-state index >= 15 is 0 Å². The fraction of sp³-hybridized carbons (Fsp3) is 0.133. The van der Waals surface area contributed by atoms with Crippen molar-refractivity contribution in [2.24, 2.45) is 0 Å². The summed E-state index contributed by atoms with van der Waals surface area (Å²) in [6.07, 6.45) is 9.62. The van der Waals surface area contributed by atoms with Crippen LogP contribution in [-0.2, 0) is 13.0 Å². The summed E-state index contributed by atoms with van der Waals surface area (Å²) in [7, 11) is 0. The second kappa shape index (κ2) is 4.59. The predicted molar refractivity (Wildman–Crippen MR) is 77.9 cm³/mol. The fourth-order valence-corrected chi connectivity index (χ4v) is 2.68. The molecular formula is C15H13N5O. The van der Waals surface area contributed by atoms with Crippen molar-refractivity contribution in [1.82, 2.24) is 19.5 Å². The Balaban J connectivity index is 1.72. The highest BCUT2D eigenvalue weighted by Gasteiger charge is 2.25. The quantitative estimate of drug-likeness (QED) is 0.754. The Bertz CT molecular complexity index is 803. The van der Waals surface area contributed by atoms with Crippen molar-refractivity contribution in [2.75, 3.05) is 5.32 Å². The second-order valence-electron chi connectivity index (χ2n) is 4.95. The molecule has 6 heteroatoms. The van der Waals surface area contributed by atoms with Crippen molar-refractivity contribution in [3.63, 3.8) is 0 Å². The third-order valence-corrected chi connectivity index (χ3v) is 3.67. The molecule has 0 fully saturated rings. The van der Waals surface area contributed by atoms with Gasteiger partial charge in [-0.05, 0) is 12.1 Å². The van der Waals surface area contributed by atoms with Gasteiger partial charge in [-0.3, -0.25) is 9.78 Å². The van der Waals surface area contributed by atoms with Gasteiger partial charge in [-0.15, -0.1) is 0 Å². The number of aryl methyl sites for hydroxylation is 2. The molecule has 3 aromatic rings. The fourth-order valence-electron chi connectivity index (χ4n) is 2.68. The number of nitrogens with zero attached hydrogens (tertiary/aromatic N) is 3. The predicted octanol–water partition coefficient (Wildman–Crippen LogP) is 2.08. The normalized spacial score (nSPS) is 12.6. The molecule has 0 spiro atoms. The molecule has 0 unspecified atom stereocenters. The lowest BCUT2D eigenvalue weighted by molar-refractivity contribution is 0.102. The molecule has 6 nitrogen and oxygen atoms in total. The van der Waals surface area contributed by atoms with E-state index < -0.39 is 0 Å². The monoisotopic (exact) mass is 279 g/mol. The van der Waals surface area contributed by atoms with Crippen LogP contribution in [0.15, 0.2) is 43.1 Å². The second-order valence-corrected chi connectivity index (χ2v) is 4.95. The SMILES string of the molecule is O=C(Nc1cccnc1)c1c[nH]c2c1-c1nccn1CC2. The van der Waals surface area contributed by atoms with Gasteiger partial charge in [0.1, 0.15) is 5.82 Å². The van der Waals surface area contributed by atoms with Crippen molar-refractivity contribution in [3.8, 4) is 11.4 Å². The smallest absolute Gasteiger partial charge is 0.258 e. The zero-order chi connectivity index (χ0) is 14.2. The Morgan fingerprint density at radius 2 is 2.33 bits per heavy atom. The first-order valence-electron chi connectivity index (χ1n) is 6.76. The molecule has 0 saturated carbocycles. The van der Waals surface area contributed by atoms with Crippen LogP contribution in [0.2, 0.25) is 0 Å². The molecule has 0 aromatic carbocycles. The molecule has 1 aliphatic rings. The number of carbonyl (C=O) groups excluding carboxylic acids is 1. The molecule has 0 radical (unpaired) electrons. The summed E-state index contributed by atoms with van der Waals surface area (Å²) < 4.78 is 2.07. The van der Waals surface area contributed by atoms with E-state index in [0.717, 1.165) is 30.0 Å². The van der Waals surface area contributed by atoms with Gasteiger partial charge in [0.2, 0.25) is 0 Å². The number of anilines is 1. The molecule has 4 rings (SSSR count). The Morgan fingerprint density at radius 3 is 3.19 bits per heavy atom. The summed E-state index contributed by atoms with van der Waals surface area (Å²) in [6, 6.07) is 3.60. The maximum Gasteiger partial charge on any atom is 0.258 e. The molecular weight excluding hydrogens is 266 g/mol. The van der Waals surface area contributed by atoms with Crippen molar-refractivity contribution in [2.45, 2.75) is 13.0 Å². The molecule has 0 saturated heterocycles. The molecule has 21 heavy (non-hydrogen) atoms. The summed E-state index contributed by atoms with van der Waals surface area (Å²) in [6.45, 7) is 0.881. The highest BCUT2D eigenvalue weighted by molar-refractivity contribution is 6.08. The van der Waals surface area contributed by atoms with E-state index in [1.54, 1.807) is 30.9 Å². The number of hydrogen-bond donors (Lipinski definition) is 2. The van der Waals surface area contributed by atoms with Crippen molar-refractivity contribution in [3.05, 3.63) is 54.4 Å². The molecule has 2 N–H and O–H groups in total. The van der Waals surface area contributed by atoms with Crippen LogP contribution in [0.4, 0.5) is 5.69 Å². The van der Waals surface area contributed by atoms with Crippen molar-refractivity contribution in [1.29, 1.82) is 0 Å². The van der Waals surface area contributed by atoms with E-state index in [2.05, 4.69) is 24.8 Å². The lowest BCUT2D eigenvalue weighted by Crippen LogP contribution is -2.15. The maximum atomic E-state index is 12.5. The zero-order valence-corrected chi connectivity index (χ0v) is 11.2. The van der Waals surface area contributed by atoms with E-state index in [1.165, 1.54) is 0 Å². The lowest BCUT2D eigenvalue weighted by atomic mass is 10.0. The van der Waals surface area contributed by atoms with Crippen LogP contribution in [0.3, 0.4) is 0 Å². The number of H-pyrrole nitrogens is 1. The summed E-state index contributed by atoms with van der Waals surface area (Å²) in [5.41, 5.74) is 3.25. The van der Waals surface area contributed by atoms with Gasteiger partial charge in [-0.25, -0.2) is 4.98 Å². The number of amides is 1. The summed E-state index contributed by atoms with van der Waals surface area (Å²) in [5.74, 6) is 0.686. The Morgan fingerprint density at radius 1 is 1.38 bits per heavy atom. The van der Waals surface area contributed by atoms with Gasteiger partial charge in [-0.1, -0.05) is 0 Å². The topological polar surface area (TPSA) is 75.6 Å². The number of nitrogens with one attached hydrogen (secondary N) is 2. The minimum Gasteiger partial charge on any atom is -0.364 e. The van der Waals surface area contributed by atoms with Gasteiger partial charge >= 0.3 is 0 Å². The maximum absolute atomic E-state index is 12.5. The average molecular weight is 279 g/mol. The third-order valence-electron chi connectivity index (χ3n) is 3.67. The number of hydrogen-bond acceptors (Lipinski definition) is 3. The average Bonchev–Trinajstić information content (AvgIpc) is 3.14. The lowest BCUT2D eigenvalue weighted by Gasteiger charge is -2.15. The number of aromatic nitrogens is 4. The molecule has 0 atom stereocenters. The number of aromatic amines is 1. The third kappa shape index (κ3) is 1.92. The van der Waals surface area contributed by atoms with Crippen LogP contribution in [0.5, 0.6) is 0 Å². The summed E-state index contributed by atoms with van der Waals surface area (Å²) in [5, 5.41) is 2.86. The first-order valence-corrected chi connectivity index (χ1v) is 6.76. The van der Waals surface area contributed by atoms with Crippen LogP contribution in [0.1, 0.15) is 16.1 Å². The first kappa shape index (κ1) is 11.9. The summed E-state index contributed by atoms with van der Waals surface area (Å²) >= 11 is 0. The van der Waals surface area contributed by atoms with E-state index in [-0.39, 0.29) is 5.91 Å². The summed E-state index contributed by atoms with van der Waals surface area (Å²) in [4.78, 5) is 24.0. The van der Waals surface area contributed by atoms with Gasteiger partial charge < -0.3 is 14.9 Å². The standard InChI is InChI=1S/C15H13N5O/c21-15(19-10-2-1-4-16-8-10)11-9-18-12-3-6-20-7-5-17-14(20)13(11)12/h1-2,4-5,7-9,18H,3,6H2,(H,19,21). The number of pyridine rings is 1. The zero-order valence-electron chi connectivity index (χ0n) is 11.2. The van der Waals surface area contributed by atoms with E-state index in [0.29, 0.717) is 11.3 Å². The van der Waals surface area contributed by atoms with Gasteiger partial charge in [0.15, 0.2) is 0 Å². The number of rotatable bonds is 2. The van der Waals surface area contributed by atoms with Crippen LogP contribution in [-0.4, -0.2) is 25.4 Å². The molecule has 3 aromatic heterocycles. The van der Waals surface area contributed by atoms with Crippen LogP contribution >= 0.6 is 0 Å². The minimum atomic E-state index is -0.156. The van der Waals surface area contributed by atoms with E-state index in [4.69, 9.17) is 0 Å². The number of fused-ring (bicyclic) bond motifs is 3. The highest BCUT2D eigenvalue weighted by Crippen LogP contribution is 2.31. The van der Waals surface area contributed by atoms with Crippen LogP contribution in [0.25, 0.3) is 11.4 Å². The van der Waals surface area contributed by atoms with Crippen molar-refractivity contribution >= 4 is 11.6 Å². The Labute approximate surface area is 120 Å². The van der Waals surface area contributed by atoms with E-state index in [9.17, 15) is 4.79 Å². The number of imidazole rings is 1. The van der Waals surface area contributed by atoms with Gasteiger partial charge in [-0.2, -0.15) is 0 Å². The molecule has 1 aliphatic heterocycles. The van der Waals surface area contributed by atoms with Gasteiger partial charge in [0, 0.05) is 43.4 Å². The van der Waals surface area contributed by atoms with E-state index in [1.807, 2.05) is 12.3 Å². The molecule has 4 heterocycles. The molecule has 0 bridgehead atoms. The van der Waals surface area contributed by atoms with Crippen molar-refractivity contribution < 1.29 is 4.79 Å². The van der Waals surface area contributed by atoms with Gasteiger partial charge in [0.25, 0.3) is 5.91 Å². The molecule has 1 amide bonds. The van der Waals surface area contributed by atoms with Crippen LogP contribution in [0, 0.1) is 0 Å². The van der Waals surface area contributed by atoms with Crippen LogP contribution < -0.4 is 5.32 Å². The molecule has 104 valence electrons. The Hall–Kier alpha value is -2.89. The highest BCUT2D eigenvalue weighted by atomic mass is 16.1. The first-order chi connectivity index (χ1) is 10.3. The largest absolute Gasteiger partial charge is 0.364 e. The molecule has 0 aliphatic carbocycles. The number of carbonyl (C=O) groups is 1. The Kier molecular flexibility index (Phi) is 2.60. The van der Waals surface area contributed by atoms with Gasteiger partial charge in [0.05, 0.1) is 23.0 Å².